The molecule has 1 saturated heterocycles. The lowest BCUT2D eigenvalue weighted by atomic mass is 10.2. The number of nitrogens with zero attached hydrogens (tertiary/aromatic N) is 3. The molecule has 6 nitrogen and oxygen atoms in total. The van der Waals surface area contributed by atoms with Gasteiger partial charge in [0.1, 0.15) is 5.76 Å². The van der Waals surface area contributed by atoms with Gasteiger partial charge in [-0.15, -0.1) is 11.3 Å². The third-order valence-electron chi connectivity index (χ3n) is 4.22. The van der Waals surface area contributed by atoms with Gasteiger partial charge >= 0.3 is 6.03 Å². The van der Waals surface area contributed by atoms with Crippen molar-refractivity contribution in [3.8, 4) is 0 Å². The van der Waals surface area contributed by atoms with Gasteiger partial charge in [-0.05, 0) is 25.3 Å². The molecular weight excluding hydrogens is 312 g/mol. The van der Waals surface area contributed by atoms with Crippen molar-refractivity contribution < 1.29 is 9.32 Å². The van der Waals surface area contributed by atoms with E-state index < -0.39 is 0 Å². The van der Waals surface area contributed by atoms with E-state index in [-0.39, 0.29) is 6.03 Å². The van der Waals surface area contributed by atoms with Crippen LogP contribution >= 0.6 is 11.3 Å². The van der Waals surface area contributed by atoms with E-state index in [0.717, 1.165) is 49.7 Å². The van der Waals surface area contributed by atoms with Gasteiger partial charge in [-0.25, -0.2) is 4.79 Å². The van der Waals surface area contributed by atoms with Crippen LogP contribution in [0.2, 0.25) is 0 Å². The summed E-state index contributed by atoms with van der Waals surface area (Å²) in [6.45, 7) is 8.55. The largest absolute Gasteiger partial charge is 0.361 e. The summed E-state index contributed by atoms with van der Waals surface area (Å²) in [5.41, 5.74) is 1.80. The third-order valence-corrected chi connectivity index (χ3v) is 5.08. The number of rotatable bonds is 4. The van der Waals surface area contributed by atoms with Crippen LogP contribution in [0.15, 0.2) is 22.0 Å². The zero-order chi connectivity index (χ0) is 16.2. The molecule has 7 heteroatoms. The molecule has 23 heavy (non-hydrogen) atoms. The summed E-state index contributed by atoms with van der Waals surface area (Å²) < 4.78 is 5.12. The van der Waals surface area contributed by atoms with Gasteiger partial charge in [0.05, 0.1) is 5.69 Å². The molecule has 0 unspecified atom stereocenters. The topological polar surface area (TPSA) is 61.6 Å². The zero-order valence-corrected chi connectivity index (χ0v) is 14.4. The first-order chi connectivity index (χ1) is 11.1. The van der Waals surface area contributed by atoms with E-state index in [9.17, 15) is 4.79 Å². The van der Waals surface area contributed by atoms with Crippen molar-refractivity contribution in [1.82, 2.24) is 20.3 Å². The monoisotopic (exact) mass is 334 g/mol. The maximum Gasteiger partial charge on any atom is 0.317 e. The molecule has 2 aromatic heterocycles. The fourth-order valence-electron chi connectivity index (χ4n) is 2.76. The number of carbonyl (C=O) groups is 1. The van der Waals surface area contributed by atoms with Gasteiger partial charge in [0.15, 0.2) is 0 Å². The fourth-order valence-corrected chi connectivity index (χ4v) is 3.51. The maximum absolute atomic E-state index is 12.3. The first-order valence-electron chi connectivity index (χ1n) is 7.83. The minimum Gasteiger partial charge on any atom is -0.361 e. The second kappa shape index (κ2) is 7.14. The van der Waals surface area contributed by atoms with Gasteiger partial charge in [0, 0.05) is 49.7 Å². The zero-order valence-electron chi connectivity index (χ0n) is 13.5. The van der Waals surface area contributed by atoms with Crippen LogP contribution in [-0.4, -0.2) is 47.2 Å². The number of hydrogen-bond donors (Lipinski definition) is 1. The van der Waals surface area contributed by atoms with Crippen molar-refractivity contribution in [2.45, 2.75) is 26.9 Å². The molecule has 1 fully saturated rings. The number of piperazine rings is 1. The van der Waals surface area contributed by atoms with Crippen LogP contribution in [0.1, 0.15) is 21.9 Å². The van der Waals surface area contributed by atoms with Crippen molar-refractivity contribution in [3.63, 3.8) is 0 Å². The number of aromatic nitrogens is 1. The lowest BCUT2D eigenvalue weighted by Crippen LogP contribution is -2.51. The quantitative estimate of drug-likeness (QED) is 0.932. The summed E-state index contributed by atoms with van der Waals surface area (Å²) in [7, 11) is 0. The molecule has 124 valence electrons. The van der Waals surface area contributed by atoms with Gasteiger partial charge in [-0.2, -0.15) is 0 Å². The predicted octanol–water partition coefficient (Wildman–Crippen LogP) is 2.38. The Morgan fingerprint density at radius 2 is 2.13 bits per heavy atom. The maximum atomic E-state index is 12.3. The SMILES string of the molecule is Cc1noc(C)c1CNC(=O)N1CCN(Cc2cccs2)CC1. The highest BCUT2D eigenvalue weighted by atomic mass is 32.1. The van der Waals surface area contributed by atoms with E-state index in [1.165, 1.54) is 4.88 Å². The van der Waals surface area contributed by atoms with E-state index in [2.05, 4.69) is 32.9 Å². The standard InChI is InChI=1S/C16H22N4O2S/c1-12-15(13(2)22-18-12)10-17-16(21)20-7-5-19(6-8-20)11-14-4-3-9-23-14/h3-4,9H,5-8,10-11H2,1-2H3,(H,17,21). The lowest BCUT2D eigenvalue weighted by molar-refractivity contribution is 0.135. The third kappa shape index (κ3) is 3.92. The van der Waals surface area contributed by atoms with Crippen molar-refractivity contribution in [3.05, 3.63) is 39.4 Å². The average molecular weight is 334 g/mol. The van der Waals surface area contributed by atoms with Crippen LogP contribution in [-0.2, 0) is 13.1 Å². The Morgan fingerprint density at radius 3 is 2.74 bits per heavy atom. The van der Waals surface area contributed by atoms with E-state index in [4.69, 9.17) is 4.52 Å². The molecule has 0 aromatic carbocycles. The van der Waals surface area contributed by atoms with Crippen molar-refractivity contribution in [2.75, 3.05) is 26.2 Å². The Morgan fingerprint density at radius 1 is 1.35 bits per heavy atom. The Bertz CT molecular complexity index is 626. The number of aryl methyl sites for hydroxylation is 2. The minimum absolute atomic E-state index is 0.0132. The van der Waals surface area contributed by atoms with Crippen LogP contribution in [0.25, 0.3) is 0 Å². The molecule has 0 saturated carbocycles. The summed E-state index contributed by atoms with van der Waals surface area (Å²) >= 11 is 1.78. The Labute approximate surface area is 140 Å². The highest BCUT2D eigenvalue weighted by Gasteiger charge is 2.21. The second-order valence-corrected chi connectivity index (χ2v) is 6.84. The number of nitrogens with one attached hydrogen (secondary N) is 1. The van der Waals surface area contributed by atoms with Gasteiger partial charge in [0.2, 0.25) is 0 Å². The molecule has 1 aliphatic rings. The van der Waals surface area contributed by atoms with Gasteiger partial charge in [-0.1, -0.05) is 11.2 Å². The summed E-state index contributed by atoms with van der Waals surface area (Å²) in [6, 6.07) is 4.23. The molecular formula is C16H22N4O2S. The minimum atomic E-state index is -0.0132. The van der Waals surface area contributed by atoms with Crippen molar-refractivity contribution >= 4 is 17.4 Å². The van der Waals surface area contributed by atoms with Gasteiger partial charge < -0.3 is 14.7 Å². The van der Waals surface area contributed by atoms with Crippen LogP contribution < -0.4 is 5.32 Å². The Balaban J connectivity index is 1.45. The molecule has 0 aliphatic carbocycles. The molecule has 0 spiro atoms. The molecule has 1 N–H and O–H groups in total. The predicted molar refractivity (Wildman–Crippen MR) is 89.4 cm³/mol. The average Bonchev–Trinajstić information content (AvgIpc) is 3.17. The number of thiophene rings is 1. The summed E-state index contributed by atoms with van der Waals surface area (Å²) in [6.07, 6.45) is 0. The van der Waals surface area contributed by atoms with Gasteiger partial charge in [-0.3, -0.25) is 4.90 Å². The van der Waals surface area contributed by atoms with Crippen molar-refractivity contribution in [2.24, 2.45) is 0 Å². The smallest absolute Gasteiger partial charge is 0.317 e. The molecule has 0 radical (unpaired) electrons. The Kier molecular flexibility index (Phi) is 4.97. The van der Waals surface area contributed by atoms with Crippen molar-refractivity contribution in [1.29, 1.82) is 0 Å². The fraction of sp³-hybridized carbons (Fsp3) is 0.500. The summed E-state index contributed by atoms with van der Waals surface area (Å²) in [5, 5.41) is 8.98. The molecule has 2 aromatic rings. The molecule has 0 atom stereocenters. The normalized spacial score (nSPS) is 15.8. The summed E-state index contributed by atoms with van der Waals surface area (Å²) in [5.74, 6) is 0.767. The molecule has 2 amide bonds. The highest BCUT2D eigenvalue weighted by molar-refractivity contribution is 7.09. The van der Waals surface area contributed by atoms with E-state index >= 15 is 0 Å². The van der Waals surface area contributed by atoms with Crippen LogP contribution in [0.3, 0.4) is 0 Å². The van der Waals surface area contributed by atoms with E-state index in [1.54, 1.807) is 11.3 Å². The van der Waals surface area contributed by atoms with E-state index in [0.29, 0.717) is 6.54 Å². The first-order valence-corrected chi connectivity index (χ1v) is 8.70. The lowest BCUT2D eigenvalue weighted by Gasteiger charge is -2.34. The molecule has 3 heterocycles. The first kappa shape index (κ1) is 16.0. The van der Waals surface area contributed by atoms with Crippen LogP contribution in [0.5, 0.6) is 0 Å². The Hall–Kier alpha value is -1.86. The van der Waals surface area contributed by atoms with E-state index in [1.807, 2.05) is 18.7 Å². The molecule has 1 aliphatic heterocycles. The second-order valence-electron chi connectivity index (χ2n) is 5.80. The summed E-state index contributed by atoms with van der Waals surface area (Å²) in [4.78, 5) is 17.9. The number of hydrogen-bond acceptors (Lipinski definition) is 5. The van der Waals surface area contributed by atoms with Crippen LogP contribution in [0.4, 0.5) is 4.79 Å². The molecule has 0 bridgehead atoms. The van der Waals surface area contributed by atoms with Crippen LogP contribution in [0, 0.1) is 13.8 Å². The highest BCUT2D eigenvalue weighted by Crippen LogP contribution is 2.14. The number of urea groups is 1. The number of carbonyl (C=O) groups excluding carboxylic acids is 1. The van der Waals surface area contributed by atoms with Gasteiger partial charge in [0.25, 0.3) is 0 Å². The molecule has 3 rings (SSSR count). The number of amides is 2.